The van der Waals surface area contributed by atoms with Crippen LogP contribution in [0.25, 0.3) is 0 Å². The molecule has 0 bridgehead atoms. The number of hydrogen-bond acceptors (Lipinski definition) is 6. The molecule has 1 aromatic rings. The number of anilines is 1. The third kappa shape index (κ3) is 1.60. The first kappa shape index (κ1) is 8.25. The van der Waals surface area contributed by atoms with Gasteiger partial charge in [0.25, 0.3) is 12.3 Å². The van der Waals surface area contributed by atoms with Crippen molar-refractivity contribution in [2.24, 2.45) is 5.16 Å². The zero-order valence-corrected chi connectivity index (χ0v) is 6.27. The van der Waals surface area contributed by atoms with E-state index < -0.39 is 0 Å². The van der Waals surface area contributed by atoms with Crippen molar-refractivity contribution >= 4 is 18.0 Å². The lowest BCUT2D eigenvalue weighted by Gasteiger charge is -1.88. The third-order valence-corrected chi connectivity index (χ3v) is 1.04. The largest absolute Gasteiger partial charge is 0.432 e. The van der Waals surface area contributed by atoms with E-state index in [0.29, 0.717) is 0 Å². The predicted octanol–water partition coefficient (Wildman–Crippen LogP) is -0.283. The number of aromatic nitrogens is 1. The van der Waals surface area contributed by atoms with Crippen LogP contribution in [-0.2, 0) is 9.63 Å². The monoisotopic (exact) mass is 168 g/mol. The summed E-state index contributed by atoms with van der Waals surface area (Å²) in [6.45, 7) is 0. The number of hydrogen-bond donors (Lipinski definition) is 1. The molecule has 0 spiro atoms. The first-order chi connectivity index (χ1) is 5.77. The van der Waals surface area contributed by atoms with Crippen molar-refractivity contribution in [3.05, 3.63) is 12.0 Å². The van der Waals surface area contributed by atoms with Crippen LogP contribution in [0.15, 0.2) is 15.8 Å². The molecule has 1 rings (SSSR count). The highest BCUT2D eigenvalue weighted by atomic mass is 16.6. The van der Waals surface area contributed by atoms with Crippen molar-refractivity contribution in [1.29, 1.82) is 0 Å². The molecule has 0 fully saturated rings. The molecule has 0 aliphatic carbocycles. The van der Waals surface area contributed by atoms with Gasteiger partial charge in [0.05, 0.1) is 0 Å². The maximum Gasteiger partial charge on any atom is 0.292 e. The Bertz CT molecular complexity index is 305. The van der Waals surface area contributed by atoms with E-state index in [1.807, 2.05) is 0 Å². The topological polar surface area (TPSA) is 90.7 Å². The van der Waals surface area contributed by atoms with Gasteiger partial charge >= 0.3 is 0 Å². The van der Waals surface area contributed by atoms with Gasteiger partial charge in [-0.3, -0.25) is 4.79 Å². The van der Waals surface area contributed by atoms with Gasteiger partial charge in [-0.2, -0.15) is 4.98 Å². The highest BCUT2D eigenvalue weighted by Crippen LogP contribution is 2.03. The van der Waals surface area contributed by atoms with Crippen LogP contribution in [0.2, 0.25) is 0 Å². The second-order valence-corrected chi connectivity index (χ2v) is 1.80. The number of nitrogen functional groups attached to an aromatic ring is 1. The first-order valence-corrected chi connectivity index (χ1v) is 2.98. The smallest absolute Gasteiger partial charge is 0.292 e. The van der Waals surface area contributed by atoms with Crippen molar-refractivity contribution in [2.75, 3.05) is 12.8 Å². The van der Waals surface area contributed by atoms with E-state index in [2.05, 4.69) is 19.4 Å². The van der Waals surface area contributed by atoms with Gasteiger partial charge in [-0.15, -0.1) is 0 Å². The Morgan fingerprint density at radius 2 is 2.67 bits per heavy atom. The molecular weight excluding hydrogens is 162 g/mol. The summed E-state index contributed by atoms with van der Waals surface area (Å²) in [7, 11) is 1.31. The van der Waals surface area contributed by atoms with Crippen molar-refractivity contribution in [3.8, 4) is 0 Å². The number of oxime groups is 1. The molecule has 2 N–H and O–H groups in total. The Balaban J connectivity index is 2.94. The van der Waals surface area contributed by atoms with E-state index >= 15 is 0 Å². The van der Waals surface area contributed by atoms with Gasteiger partial charge in [0, 0.05) is 0 Å². The van der Waals surface area contributed by atoms with E-state index in [0.717, 1.165) is 0 Å². The zero-order chi connectivity index (χ0) is 8.97. The van der Waals surface area contributed by atoms with Gasteiger partial charge in [-0.1, -0.05) is 5.16 Å². The average Bonchev–Trinajstić information content (AvgIpc) is 2.47. The molecule has 0 atom stereocenters. The fraction of sp³-hybridized carbons (Fsp3) is 0.167. The van der Waals surface area contributed by atoms with Gasteiger partial charge in [-0.05, 0) is 0 Å². The summed E-state index contributed by atoms with van der Waals surface area (Å²) in [6, 6.07) is -0.0379. The van der Waals surface area contributed by atoms with Gasteiger partial charge in [0.1, 0.15) is 19.1 Å². The minimum absolute atomic E-state index is 0.0379. The fourth-order valence-electron chi connectivity index (χ4n) is 0.605. The van der Waals surface area contributed by atoms with Crippen molar-refractivity contribution in [3.63, 3.8) is 0 Å². The molecule has 6 nitrogen and oxygen atoms in total. The van der Waals surface area contributed by atoms with Crippen molar-refractivity contribution in [2.45, 2.75) is 0 Å². The number of carbonyl (C=O) groups excluding carboxylic acids is 1. The number of nitrogens with two attached hydrogens (primary N) is 1. The van der Waals surface area contributed by atoms with Gasteiger partial charge in [0.2, 0.25) is 0 Å². The maximum absolute atomic E-state index is 10.2. The normalized spacial score (nSPS) is 11.2. The molecule has 0 aliphatic heterocycles. The van der Waals surface area contributed by atoms with E-state index in [1.54, 1.807) is 0 Å². The second kappa shape index (κ2) is 3.51. The van der Waals surface area contributed by atoms with Crippen LogP contribution in [0.3, 0.4) is 0 Å². The number of nitrogens with zero attached hydrogens (tertiary/aromatic N) is 2. The lowest BCUT2D eigenvalue weighted by atomic mass is 10.3. The highest BCUT2D eigenvalue weighted by molar-refractivity contribution is 6.35. The summed E-state index contributed by atoms with van der Waals surface area (Å²) in [4.78, 5) is 18.2. The average molecular weight is 168 g/mol. The van der Waals surface area contributed by atoms with Crippen LogP contribution in [0.5, 0.6) is 0 Å². The molecule has 1 radical (unpaired) electrons. The number of rotatable bonds is 3. The maximum atomic E-state index is 10.2. The lowest BCUT2D eigenvalue weighted by Crippen LogP contribution is -2.03. The van der Waals surface area contributed by atoms with E-state index in [-0.39, 0.29) is 17.4 Å². The Morgan fingerprint density at radius 3 is 3.08 bits per heavy atom. The molecule has 0 saturated carbocycles. The van der Waals surface area contributed by atoms with E-state index in [4.69, 9.17) is 5.73 Å². The van der Waals surface area contributed by atoms with Crippen molar-refractivity contribution in [1.82, 2.24) is 4.98 Å². The SMILES string of the molecule is CON=C([C]=O)c1coc(N)n1. The minimum atomic E-state index is -0.0852. The molecule has 0 amide bonds. The Kier molecular flexibility index (Phi) is 2.42. The predicted molar refractivity (Wildman–Crippen MR) is 40.2 cm³/mol. The van der Waals surface area contributed by atoms with Crippen LogP contribution in [0, 0.1) is 0 Å². The summed E-state index contributed by atoms with van der Waals surface area (Å²) in [5, 5.41) is 3.34. The zero-order valence-electron chi connectivity index (χ0n) is 6.27. The molecule has 0 aromatic carbocycles. The van der Waals surface area contributed by atoms with E-state index in [1.165, 1.54) is 19.7 Å². The third-order valence-electron chi connectivity index (χ3n) is 1.04. The van der Waals surface area contributed by atoms with Crippen LogP contribution in [0.1, 0.15) is 5.69 Å². The standard InChI is InChI=1S/C6H6N3O3/c1-11-9-4(2-10)5-3-12-6(7)8-5/h3H,1H3,(H2,7,8). The van der Waals surface area contributed by atoms with Gasteiger partial charge < -0.3 is 15.0 Å². The molecule has 1 aromatic heterocycles. The number of oxazole rings is 1. The molecule has 0 aliphatic rings. The van der Waals surface area contributed by atoms with E-state index in [9.17, 15) is 4.79 Å². The molecule has 0 unspecified atom stereocenters. The molecule has 6 heteroatoms. The molecule has 1 heterocycles. The fourth-order valence-corrected chi connectivity index (χ4v) is 0.605. The van der Waals surface area contributed by atoms with Crippen LogP contribution >= 0.6 is 0 Å². The Labute approximate surface area is 68.0 Å². The van der Waals surface area contributed by atoms with Crippen LogP contribution in [0.4, 0.5) is 6.01 Å². The molecule has 63 valence electrons. The summed E-state index contributed by atoms with van der Waals surface area (Å²) in [5.41, 5.74) is 5.28. The lowest BCUT2D eigenvalue weighted by molar-refractivity contribution is 0.214. The van der Waals surface area contributed by atoms with Gasteiger partial charge in [0.15, 0.2) is 5.71 Å². The Hall–Kier alpha value is -1.85. The van der Waals surface area contributed by atoms with Crippen LogP contribution < -0.4 is 5.73 Å². The molecule has 0 saturated heterocycles. The Morgan fingerprint density at radius 1 is 1.92 bits per heavy atom. The highest BCUT2D eigenvalue weighted by Gasteiger charge is 2.09. The first-order valence-electron chi connectivity index (χ1n) is 2.98. The summed E-state index contributed by atoms with van der Waals surface area (Å²) in [5.74, 6) is 0. The minimum Gasteiger partial charge on any atom is -0.432 e. The van der Waals surface area contributed by atoms with Crippen molar-refractivity contribution < 1.29 is 14.0 Å². The van der Waals surface area contributed by atoms with Gasteiger partial charge in [-0.25, -0.2) is 0 Å². The summed E-state index contributed by atoms with van der Waals surface area (Å²) < 4.78 is 4.65. The van der Waals surface area contributed by atoms with Crippen LogP contribution in [-0.4, -0.2) is 24.1 Å². The molecule has 12 heavy (non-hydrogen) atoms. The summed E-state index contributed by atoms with van der Waals surface area (Å²) in [6.07, 6.45) is 2.72. The quantitative estimate of drug-likeness (QED) is 0.495. The molecular formula is C6H6N3O3. The summed E-state index contributed by atoms with van der Waals surface area (Å²) >= 11 is 0. The second-order valence-electron chi connectivity index (χ2n) is 1.80.